The van der Waals surface area contributed by atoms with Crippen LogP contribution in [0.4, 0.5) is 0 Å². The summed E-state index contributed by atoms with van der Waals surface area (Å²) in [7, 11) is 0. The maximum absolute atomic E-state index is 4.87. The molecule has 3 rings (SSSR count). The summed E-state index contributed by atoms with van der Waals surface area (Å²) in [6, 6.07) is 13.4. The number of nitrogens with zero attached hydrogens (tertiary/aromatic N) is 1. The Morgan fingerprint density at radius 1 is 1.21 bits per heavy atom. The molecule has 100 valence electrons. The summed E-state index contributed by atoms with van der Waals surface area (Å²) in [6.45, 7) is 5.71. The molecular formula is C17H22N2. The van der Waals surface area contributed by atoms with Crippen molar-refractivity contribution in [3.05, 3.63) is 42.1 Å². The molecule has 2 atom stereocenters. The molecular weight excluding hydrogens is 232 g/mol. The molecule has 2 heterocycles. The van der Waals surface area contributed by atoms with Gasteiger partial charge in [0.05, 0.1) is 5.52 Å². The Hall–Kier alpha value is -1.41. The molecule has 0 aliphatic carbocycles. The number of rotatable bonds is 3. The number of pyridine rings is 1. The van der Waals surface area contributed by atoms with Crippen molar-refractivity contribution in [3.63, 3.8) is 0 Å². The van der Waals surface area contributed by atoms with Crippen LogP contribution in [0.5, 0.6) is 0 Å². The lowest BCUT2D eigenvalue weighted by Crippen LogP contribution is -2.27. The SMILES string of the molecule is CC(C)CC1NCCC1c1ccc2ccccc2n1. The van der Waals surface area contributed by atoms with Crippen LogP contribution in [0.15, 0.2) is 36.4 Å². The Morgan fingerprint density at radius 2 is 2.05 bits per heavy atom. The van der Waals surface area contributed by atoms with Gasteiger partial charge in [-0.15, -0.1) is 0 Å². The first kappa shape index (κ1) is 12.6. The fourth-order valence-corrected chi connectivity index (χ4v) is 3.17. The van der Waals surface area contributed by atoms with E-state index in [9.17, 15) is 0 Å². The highest BCUT2D eigenvalue weighted by molar-refractivity contribution is 5.78. The smallest absolute Gasteiger partial charge is 0.0705 e. The molecule has 1 aliphatic heterocycles. The van der Waals surface area contributed by atoms with Crippen LogP contribution in [0.1, 0.15) is 38.3 Å². The quantitative estimate of drug-likeness (QED) is 0.903. The van der Waals surface area contributed by atoms with Crippen molar-refractivity contribution in [2.24, 2.45) is 5.92 Å². The van der Waals surface area contributed by atoms with Gasteiger partial charge >= 0.3 is 0 Å². The molecule has 0 saturated carbocycles. The first-order valence-electron chi connectivity index (χ1n) is 7.33. The molecule has 1 N–H and O–H groups in total. The lowest BCUT2D eigenvalue weighted by molar-refractivity contribution is 0.430. The lowest BCUT2D eigenvalue weighted by atomic mass is 9.90. The number of fused-ring (bicyclic) bond motifs is 1. The van der Waals surface area contributed by atoms with Crippen molar-refractivity contribution in [2.45, 2.75) is 38.6 Å². The van der Waals surface area contributed by atoms with Crippen molar-refractivity contribution in [1.82, 2.24) is 10.3 Å². The van der Waals surface area contributed by atoms with Crippen LogP contribution in [0.25, 0.3) is 10.9 Å². The third-order valence-electron chi connectivity index (χ3n) is 4.07. The third kappa shape index (κ3) is 2.64. The van der Waals surface area contributed by atoms with E-state index >= 15 is 0 Å². The normalized spacial score (nSPS) is 23.3. The van der Waals surface area contributed by atoms with E-state index in [1.807, 2.05) is 0 Å². The monoisotopic (exact) mass is 254 g/mol. The fraction of sp³-hybridized carbons (Fsp3) is 0.471. The van der Waals surface area contributed by atoms with Gasteiger partial charge in [-0.05, 0) is 37.4 Å². The summed E-state index contributed by atoms with van der Waals surface area (Å²) in [6.07, 6.45) is 2.45. The highest BCUT2D eigenvalue weighted by Crippen LogP contribution is 2.30. The number of para-hydroxylation sites is 1. The highest BCUT2D eigenvalue weighted by atomic mass is 15.0. The molecule has 2 unspecified atom stereocenters. The zero-order valence-corrected chi connectivity index (χ0v) is 11.8. The standard InChI is InChI=1S/C17H22N2/c1-12(2)11-17-14(9-10-18-17)16-8-7-13-5-3-4-6-15(13)19-16/h3-8,12,14,17-18H,9-11H2,1-2H3. The summed E-state index contributed by atoms with van der Waals surface area (Å²) < 4.78 is 0. The Morgan fingerprint density at radius 3 is 2.89 bits per heavy atom. The van der Waals surface area contributed by atoms with E-state index < -0.39 is 0 Å². The van der Waals surface area contributed by atoms with Gasteiger partial charge in [0, 0.05) is 23.0 Å². The maximum atomic E-state index is 4.87. The Kier molecular flexibility index (Phi) is 3.52. The summed E-state index contributed by atoms with van der Waals surface area (Å²) in [5.41, 5.74) is 2.38. The molecule has 2 heteroatoms. The van der Waals surface area contributed by atoms with Crippen LogP contribution in [-0.4, -0.2) is 17.6 Å². The van der Waals surface area contributed by atoms with Gasteiger partial charge in [0.25, 0.3) is 0 Å². The molecule has 1 saturated heterocycles. The predicted octanol–water partition coefficient (Wildman–Crippen LogP) is 3.73. The second-order valence-corrected chi connectivity index (χ2v) is 6.01. The van der Waals surface area contributed by atoms with Gasteiger partial charge in [-0.1, -0.05) is 38.1 Å². The molecule has 2 nitrogen and oxygen atoms in total. The lowest BCUT2D eigenvalue weighted by Gasteiger charge is -2.21. The fourth-order valence-electron chi connectivity index (χ4n) is 3.17. The first-order chi connectivity index (χ1) is 9.24. The molecule has 1 aromatic heterocycles. The van der Waals surface area contributed by atoms with Gasteiger partial charge < -0.3 is 5.32 Å². The van der Waals surface area contributed by atoms with Crippen molar-refractivity contribution >= 4 is 10.9 Å². The second-order valence-electron chi connectivity index (χ2n) is 6.01. The predicted molar refractivity (Wildman–Crippen MR) is 80.3 cm³/mol. The van der Waals surface area contributed by atoms with Gasteiger partial charge in [0.1, 0.15) is 0 Å². The molecule has 0 radical (unpaired) electrons. The average molecular weight is 254 g/mol. The summed E-state index contributed by atoms with van der Waals surface area (Å²) >= 11 is 0. The summed E-state index contributed by atoms with van der Waals surface area (Å²) in [5.74, 6) is 1.31. The van der Waals surface area contributed by atoms with Crippen molar-refractivity contribution < 1.29 is 0 Å². The topological polar surface area (TPSA) is 24.9 Å². The van der Waals surface area contributed by atoms with E-state index in [0.29, 0.717) is 12.0 Å². The highest BCUT2D eigenvalue weighted by Gasteiger charge is 2.29. The molecule has 1 fully saturated rings. The molecule has 1 aliphatic rings. The summed E-state index contributed by atoms with van der Waals surface area (Å²) in [4.78, 5) is 4.87. The van der Waals surface area contributed by atoms with Gasteiger partial charge in [0.2, 0.25) is 0 Å². The van der Waals surface area contributed by atoms with Gasteiger partial charge in [-0.25, -0.2) is 0 Å². The van der Waals surface area contributed by atoms with Crippen molar-refractivity contribution in [2.75, 3.05) is 6.54 Å². The summed E-state index contributed by atoms with van der Waals surface area (Å²) in [5, 5.41) is 4.88. The molecule has 0 spiro atoms. The van der Waals surface area contributed by atoms with Crippen LogP contribution >= 0.6 is 0 Å². The molecule has 0 amide bonds. The number of nitrogens with one attached hydrogen (secondary N) is 1. The Bertz CT molecular complexity index is 562. The number of hydrogen-bond donors (Lipinski definition) is 1. The van der Waals surface area contributed by atoms with E-state index in [-0.39, 0.29) is 0 Å². The Labute approximate surface area is 115 Å². The van der Waals surface area contributed by atoms with Crippen LogP contribution < -0.4 is 5.32 Å². The van der Waals surface area contributed by atoms with Gasteiger partial charge in [0.15, 0.2) is 0 Å². The number of aromatic nitrogens is 1. The number of hydrogen-bond acceptors (Lipinski definition) is 2. The second kappa shape index (κ2) is 5.30. The molecule has 2 aromatic rings. The first-order valence-corrected chi connectivity index (χ1v) is 7.33. The van der Waals surface area contributed by atoms with E-state index in [2.05, 4.69) is 55.6 Å². The zero-order chi connectivity index (χ0) is 13.2. The third-order valence-corrected chi connectivity index (χ3v) is 4.07. The minimum absolute atomic E-state index is 0.576. The Balaban J connectivity index is 1.90. The van der Waals surface area contributed by atoms with Gasteiger partial charge in [-0.2, -0.15) is 0 Å². The van der Waals surface area contributed by atoms with Crippen LogP contribution in [0, 0.1) is 5.92 Å². The number of benzene rings is 1. The largest absolute Gasteiger partial charge is 0.313 e. The van der Waals surface area contributed by atoms with Crippen molar-refractivity contribution in [1.29, 1.82) is 0 Å². The maximum Gasteiger partial charge on any atom is 0.0705 e. The molecule has 0 bridgehead atoms. The van der Waals surface area contributed by atoms with Gasteiger partial charge in [-0.3, -0.25) is 4.98 Å². The minimum Gasteiger partial charge on any atom is -0.313 e. The van der Waals surface area contributed by atoms with E-state index in [0.717, 1.165) is 18.0 Å². The van der Waals surface area contributed by atoms with E-state index in [1.54, 1.807) is 0 Å². The van der Waals surface area contributed by atoms with E-state index in [4.69, 9.17) is 4.98 Å². The van der Waals surface area contributed by atoms with Crippen molar-refractivity contribution in [3.8, 4) is 0 Å². The zero-order valence-electron chi connectivity index (χ0n) is 11.8. The molecule has 1 aromatic carbocycles. The minimum atomic E-state index is 0.576. The van der Waals surface area contributed by atoms with Crippen LogP contribution in [0.3, 0.4) is 0 Å². The van der Waals surface area contributed by atoms with Crippen LogP contribution in [0.2, 0.25) is 0 Å². The van der Waals surface area contributed by atoms with Crippen LogP contribution in [-0.2, 0) is 0 Å². The average Bonchev–Trinajstić information content (AvgIpc) is 2.85. The molecule has 19 heavy (non-hydrogen) atoms. The van der Waals surface area contributed by atoms with E-state index in [1.165, 1.54) is 23.9 Å².